The monoisotopic (exact) mass is 337 g/mol. The molecule has 1 saturated heterocycles. The van der Waals surface area contributed by atoms with Crippen LogP contribution < -0.4 is 0 Å². The van der Waals surface area contributed by atoms with E-state index < -0.39 is 0 Å². The van der Waals surface area contributed by atoms with Crippen LogP contribution in [0.25, 0.3) is 0 Å². The molecule has 0 unspecified atom stereocenters. The van der Waals surface area contributed by atoms with Crippen LogP contribution in [0.3, 0.4) is 0 Å². The number of hydrogen-bond acceptors (Lipinski definition) is 1. The van der Waals surface area contributed by atoms with Gasteiger partial charge in [-0.2, -0.15) is 0 Å². The molecule has 15 heavy (non-hydrogen) atoms. The van der Waals surface area contributed by atoms with Gasteiger partial charge in [-0.05, 0) is 32.1 Å². The summed E-state index contributed by atoms with van der Waals surface area (Å²) in [6.07, 6.45) is 3.30. The summed E-state index contributed by atoms with van der Waals surface area (Å²) in [7, 11) is 0. The summed E-state index contributed by atoms with van der Waals surface area (Å²) in [5, 5.41) is 0. The average Bonchev–Trinajstić information content (AvgIpc) is 2.66. The molecule has 2 nitrogen and oxygen atoms in total. The van der Waals surface area contributed by atoms with Gasteiger partial charge in [0.1, 0.15) is 0 Å². The van der Waals surface area contributed by atoms with Crippen LogP contribution in [0.5, 0.6) is 0 Å². The van der Waals surface area contributed by atoms with Crippen molar-refractivity contribution < 1.29 is 4.79 Å². The minimum absolute atomic E-state index is 0.148. The van der Waals surface area contributed by atoms with Gasteiger partial charge in [-0.3, -0.25) is 4.79 Å². The molecule has 0 spiro atoms. The lowest BCUT2D eigenvalue weighted by molar-refractivity contribution is -0.138. The molecule has 2 fully saturated rings. The summed E-state index contributed by atoms with van der Waals surface area (Å²) >= 11 is 7.12. The number of piperidine rings is 1. The second-order valence-corrected chi connectivity index (χ2v) is 8.98. The lowest BCUT2D eigenvalue weighted by Gasteiger charge is -2.33. The number of alkyl halides is 2. The number of nitrogens with zero attached hydrogens (tertiary/aromatic N) is 1. The van der Waals surface area contributed by atoms with Gasteiger partial charge in [-0.25, -0.2) is 0 Å². The molecule has 2 rings (SSSR count). The Morgan fingerprint density at radius 2 is 2.07 bits per heavy atom. The van der Waals surface area contributed by atoms with E-state index in [4.69, 9.17) is 0 Å². The third kappa shape index (κ3) is 1.99. The van der Waals surface area contributed by atoms with Gasteiger partial charge in [0.2, 0.25) is 5.91 Å². The zero-order chi connectivity index (χ0) is 11.3. The first-order valence-electron chi connectivity index (χ1n) is 5.54. The SMILES string of the molecule is C[C@@H]1CCCN(C(=O)[C@@]2(C)CC2(Br)Br)C1. The highest BCUT2D eigenvalue weighted by molar-refractivity contribution is 9.25. The Bertz CT molecular complexity index is 292. The zero-order valence-corrected chi connectivity index (χ0v) is 12.4. The molecule has 1 heterocycles. The van der Waals surface area contributed by atoms with Crippen LogP contribution in [0, 0.1) is 11.3 Å². The number of carbonyl (C=O) groups excluding carboxylic acids is 1. The smallest absolute Gasteiger partial charge is 0.230 e. The van der Waals surface area contributed by atoms with E-state index in [0.29, 0.717) is 11.8 Å². The Hall–Kier alpha value is 0.430. The maximum atomic E-state index is 12.3. The number of rotatable bonds is 1. The van der Waals surface area contributed by atoms with Crippen molar-refractivity contribution in [3.63, 3.8) is 0 Å². The molecule has 4 heteroatoms. The van der Waals surface area contributed by atoms with Crippen LogP contribution in [0.1, 0.15) is 33.1 Å². The highest BCUT2D eigenvalue weighted by Crippen LogP contribution is 2.67. The maximum Gasteiger partial charge on any atom is 0.230 e. The zero-order valence-electron chi connectivity index (χ0n) is 9.22. The van der Waals surface area contributed by atoms with Crippen molar-refractivity contribution in [1.29, 1.82) is 0 Å². The van der Waals surface area contributed by atoms with Gasteiger partial charge in [0, 0.05) is 13.1 Å². The molecule has 0 aromatic rings. The van der Waals surface area contributed by atoms with Crippen molar-refractivity contribution in [2.45, 2.75) is 36.3 Å². The van der Waals surface area contributed by atoms with Crippen molar-refractivity contribution in [3.8, 4) is 0 Å². The van der Waals surface area contributed by atoms with Gasteiger partial charge in [0.25, 0.3) is 0 Å². The first kappa shape index (κ1) is 11.9. The summed E-state index contributed by atoms with van der Waals surface area (Å²) in [4.78, 5) is 14.3. The summed E-state index contributed by atoms with van der Waals surface area (Å²) < 4.78 is -0.148. The van der Waals surface area contributed by atoms with Crippen molar-refractivity contribution in [1.82, 2.24) is 4.90 Å². The summed E-state index contributed by atoms with van der Waals surface area (Å²) in [6.45, 7) is 6.14. The Labute approximate surface area is 108 Å². The lowest BCUT2D eigenvalue weighted by Crippen LogP contribution is -2.43. The second-order valence-electron chi connectivity index (χ2n) is 5.21. The molecule has 86 valence electrons. The molecular formula is C11H17Br2NO. The van der Waals surface area contributed by atoms with Crippen LogP contribution in [0.15, 0.2) is 0 Å². The first-order valence-corrected chi connectivity index (χ1v) is 7.13. The Balaban J connectivity index is 2.03. The Kier molecular flexibility index (Phi) is 2.96. The van der Waals surface area contributed by atoms with E-state index in [1.807, 2.05) is 11.8 Å². The van der Waals surface area contributed by atoms with Gasteiger partial charge in [-0.15, -0.1) is 0 Å². The van der Waals surface area contributed by atoms with Crippen molar-refractivity contribution in [3.05, 3.63) is 0 Å². The normalized spacial score (nSPS) is 38.9. The number of carbonyl (C=O) groups is 1. The van der Waals surface area contributed by atoms with Crippen LogP contribution >= 0.6 is 31.9 Å². The third-order valence-electron chi connectivity index (χ3n) is 3.67. The molecule has 0 N–H and O–H groups in total. The number of amides is 1. The average molecular weight is 339 g/mol. The third-order valence-corrected chi connectivity index (χ3v) is 5.99. The van der Waals surface area contributed by atoms with Crippen molar-refractivity contribution >= 4 is 37.8 Å². The van der Waals surface area contributed by atoms with Gasteiger partial charge < -0.3 is 4.90 Å². The quantitative estimate of drug-likeness (QED) is 0.672. The summed E-state index contributed by atoms with van der Waals surface area (Å²) in [5.74, 6) is 0.966. The second kappa shape index (κ2) is 3.73. The van der Waals surface area contributed by atoms with Crippen LogP contribution in [0.2, 0.25) is 0 Å². The minimum Gasteiger partial charge on any atom is -0.342 e. The van der Waals surface area contributed by atoms with E-state index in [0.717, 1.165) is 25.9 Å². The highest BCUT2D eigenvalue weighted by atomic mass is 79.9. The first-order chi connectivity index (χ1) is 6.87. The van der Waals surface area contributed by atoms with Gasteiger partial charge in [0.15, 0.2) is 0 Å². The number of hydrogen-bond donors (Lipinski definition) is 0. The van der Waals surface area contributed by atoms with Crippen LogP contribution in [0.4, 0.5) is 0 Å². The predicted octanol–water partition coefficient (Wildman–Crippen LogP) is 3.14. The Morgan fingerprint density at radius 1 is 1.47 bits per heavy atom. The molecule has 0 radical (unpaired) electrons. The highest BCUT2D eigenvalue weighted by Gasteiger charge is 2.67. The molecule has 1 amide bonds. The fraction of sp³-hybridized carbons (Fsp3) is 0.909. The van der Waals surface area contributed by atoms with E-state index >= 15 is 0 Å². The number of likely N-dealkylation sites (tertiary alicyclic amines) is 1. The van der Waals surface area contributed by atoms with Crippen molar-refractivity contribution in [2.75, 3.05) is 13.1 Å². The van der Waals surface area contributed by atoms with E-state index in [9.17, 15) is 4.79 Å². The lowest BCUT2D eigenvalue weighted by atomic mass is 9.98. The molecule has 2 atom stereocenters. The van der Waals surface area contributed by atoms with E-state index in [1.54, 1.807) is 0 Å². The van der Waals surface area contributed by atoms with Crippen molar-refractivity contribution in [2.24, 2.45) is 11.3 Å². The Morgan fingerprint density at radius 3 is 2.53 bits per heavy atom. The van der Waals surface area contributed by atoms with Gasteiger partial charge >= 0.3 is 0 Å². The maximum absolute atomic E-state index is 12.3. The molecule has 1 aliphatic carbocycles. The molecule has 0 bridgehead atoms. The molecular weight excluding hydrogens is 322 g/mol. The summed E-state index contributed by atoms with van der Waals surface area (Å²) in [5.41, 5.74) is -0.232. The predicted molar refractivity (Wildman–Crippen MR) is 68.3 cm³/mol. The fourth-order valence-corrected chi connectivity index (χ4v) is 3.82. The van der Waals surface area contributed by atoms with Gasteiger partial charge in [0.05, 0.1) is 8.65 Å². The molecule has 0 aromatic carbocycles. The minimum atomic E-state index is -0.232. The number of halogens is 2. The summed E-state index contributed by atoms with van der Waals surface area (Å²) in [6, 6.07) is 0. The molecule has 1 saturated carbocycles. The molecule has 0 aromatic heterocycles. The van der Waals surface area contributed by atoms with E-state index in [-0.39, 0.29) is 8.65 Å². The molecule has 1 aliphatic heterocycles. The topological polar surface area (TPSA) is 20.3 Å². The standard InChI is InChI=1S/C11H17Br2NO/c1-8-4-3-5-14(6-8)9(15)10(2)7-11(10,12)13/h8H,3-7H2,1-2H3/t8-,10-/m1/s1. The van der Waals surface area contributed by atoms with Gasteiger partial charge in [-0.1, -0.05) is 38.8 Å². The fourth-order valence-electron chi connectivity index (χ4n) is 2.35. The van der Waals surface area contributed by atoms with Crippen LogP contribution in [-0.4, -0.2) is 27.1 Å². The largest absolute Gasteiger partial charge is 0.342 e. The van der Waals surface area contributed by atoms with E-state index in [2.05, 4.69) is 38.8 Å². The molecule has 2 aliphatic rings. The van der Waals surface area contributed by atoms with E-state index in [1.165, 1.54) is 6.42 Å². The van der Waals surface area contributed by atoms with Crippen LogP contribution in [-0.2, 0) is 4.79 Å².